The highest BCUT2D eigenvalue weighted by Gasteiger charge is 2.49. The van der Waals surface area contributed by atoms with Crippen molar-refractivity contribution in [2.24, 2.45) is 0 Å². The molecule has 20 aromatic rings. The molecular weight excluding hydrogens is 1430 g/mol. The fourth-order valence-corrected chi connectivity index (χ4v) is 33.2. The summed E-state index contributed by atoms with van der Waals surface area (Å²) in [5.74, 6) is 0. The number of fused-ring (bicyclic) bond motifs is 6. The fraction of sp³-hybridized carbons (Fsp3) is 0.0182. The third kappa shape index (κ3) is 12.1. The van der Waals surface area contributed by atoms with Crippen molar-refractivity contribution >= 4 is 120 Å². The number of aryl methyl sites for hydroxylation is 2. The molecule has 0 radical (unpaired) electrons. The van der Waals surface area contributed by atoms with Gasteiger partial charge in [-0.2, -0.15) is 0 Å². The minimum absolute atomic E-state index is 1.18. The van der Waals surface area contributed by atoms with E-state index in [1.165, 1.54) is 173 Å². The topological polar surface area (TPSA) is 9.86 Å². The van der Waals surface area contributed by atoms with Gasteiger partial charge >= 0.3 is 0 Å². The largest absolute Gasteiger partial charge is 0.355 e. The van der Waals surface area contributed by atoms with Crippen molar-refractivity contribution in [1.29, 1.82) is 0 Å². The molecule has 20 rings (SSSR count). The van der Waals surface area contributed by atoms with Gasteiger partial charge in [0.25, 0.3) is 16.5 Å². The van der Waals surface area contributed by atoms with E-state index >= 15 is 0 Å². The fourth-order valence-electron chi connectivity index (χ4n) is 18.8. The molecule has 0 aliphatic rings. The van der Waals surface area contributed by atoms with E-state index in [9.17, 15) is 0 Å². The quantitative estimate of drug-likeness (QED) is 0.0599. The van der Waals surface area contributed by atoms with Gasteiger partial charge in [0.05, 0.1) is 0 Å². The molecule has 0 bridgehead atoms. The van der Waals surface area contributed by atoms with Crippen LogP contribution in [0.5, 0.6) is 0 Å². The van der Waals surface area contributed by atoms with Crippen LogP contribution in [0.2, 0.25) is 0 Å². The van der Waals surface area contributed by atoms with Crippen molar-refractivity contribution in [3.63, 3.8) is 0 Å². The summed E-state index contributed by atoms with van der Waals surface area (Å²) < 4.78 is 5.63. The third-order valence-corrected chi connectivity index (χ3v) is 38.4. The van der Waals surface area contributed by atoms with Crippen LogP contribution in [-0.2, 0) is 0 Å². The van der Waals surface area contributed by atoms with E-state index in [2.05, 4.69) is 483 Å². The zero-order valence-corrected chi connectivity index (χ0v) is 67.3. The van der Waals surface area contributed by atoms with Gasteiger partial charge in [-0.3, -0.25) is 0 Å². The van der Waals surface area contributed by atoms with Crippen molar-refractivity contribution in [2.45, 2.75) is 13.8 Å². The molecule has 2 nitrogen and oxygen atoms in total. The lowest BCUT2D eigenvalue weighted by Gasteiger charge is -2.39. The minimum Gasteiger partial charge on any atom is -0.355 e. The number of benzene rings is 18. The Morgan fingerprint density at radius 2 is 0.322 bits per heavy atom. The summed E-state index contributed by atoms with van der Waals surface area (Å²) in [4.78, 5) is 0. The first-order valence-corrected chi connectivity index (χ1v) is 45.9. The summed E-state index contributed by atoms with van der Waals surface area (Å²) in [6, 6.07) is 176. The molecule has 18 aromatic carbocycles. The lowest BCUT2D eigenvalue weighted by molar-refractivity contribution is 1.30. The molecule has 544 valence electrons. The van der Waals surface area contributed by atoms with Crippen molar-refractivity contribution in [1.82, 2.24) is 8.47 Å². The Morgan fingerprint density at radius 1 is 0.148 bits per heavy atom. The molecule has 2 aromatic heterocycles. The Hall–Kier alpha value is -13.8. The van der Waals surface area contributed by atoms with E-state index in [1.54, 1.807) is 0 Å². The molecule has 0 saturated heterocycles. The first kappa shape index (κ1) is 70.3. The first-order valence-electron chi connectivity index (χ1n) is 40.0. The highest BCUT2D eigenvalue weighted by molar-refractivity contribution is 7.20. The number of aromatic nitrogens is 2. The number of rotatable bonds is 18. The van der Waals surface area contributed by atoms with E-state index in [0.717, 1.165) is 0 Å². The molecule has 0 spiro atoms. The maximum Gasteiger partial charge on any atom is 0.257 e. The summed E-state index contributed by atoms with van der Waals surface area (Å²) in [5, 5.41) is 17.9. The maximum absolute atomic E-state index is 3.53. The Kier molecular flexibility index (Phi) is 18.2. The predicted molar refractivity (Wildman–Crippen MR) is 497 cm³/mol. The zero-order valence-electron chi connectivity index (χ0n) is 64.3. The Morgan fingerprint density at radius 3 is 0.557 bits per heavy atom. The third-order valence-electron chi connectivity index (χ3n) is 24.3. The molecule has 2 heterocycles. The zero-order chi connectivity index (χ0) is 76.9. The maximum atomic E-state index is 2.81. The highest BCUT2D eigenvalue weighted by atomic mass is 28.3. The van der Waals surface area contributed by atoms with Crippen LogP contribution in [0.4, 0.5) is 0 Å². The Bertz CT molecular complexity index is 6270. The van der Waals surface area contributed by atoms with Crippen molar-refractivity contribution in [3.05, 3.63) is 472 Å². The predicted octanol–water partition coefficient (Wildman–Crippen LogP) is 20.9. The van der Waals surface area contributed by atoms with E-state index in [-0.39, 0.29) is 0 Å². The molecule has 0 amide bonds. The van der Waals surface area contributed by atoms with E-state index in [4.69, 9.17) is 0 Å². The van der Waals surface area contributed by atoms with Gasteiger partial charge in [0.2, 0.25) is 0 Å². The number of para-hydroxylation sites is 2. The molecular formula is C110H82N2Si3. The van der Waals surface area contributed by atoms with Crippen LogP contribution in [0.25, 0.3) is 110 Å². The second-order valence-corrected chi connectivity index (χ2v) is 41.7. The van der Waals surface area contributed by atoms with Crippen LogP contribution in [-0.4, -0.2) is 33.0 Å². The van der Waals surface area contributed by atoms with Crippen LogP contribution in [0, 0.1) is 13.8 Å². The van der Waals surface area contributed by atoms with Crippen LogP contribution < -0.4 is 51.9 Å². The van der Waals surface area contributed by atoms with Gasteiger partial charge in [-0.25, -0.2) is 0 Å². The lowest BCUT2D eigenvalue weighted by atomic mass is 10.1. The molecule has 5 heteroatoms. The van der Waals surface area contributed by atoms with Crippen molar-refractivity contribution in [2.75, 3.05) is 0 Å². The summed E-state index contributed by atoms with van der Waals surface area (Å²) in [6.45, 7) is 4.46. The van der Waals surface area contributed by atoms with Gasteiger partial charge in [-0.05, 0) is 169 Å². The monoisotopic (exact) mass is 1510 g/mol. The number of hydrogen-bond donors (Lipinski definition) is 0. The van der Waals surface area contributed by atoms with Crippen LogP contribution in [0.3, 0.4) is 0 Å². The standard InChI is InChI=1S/C110H82N2Si3/c1-79-41-75-109-105(77-79)103-37-21-23-39-107(103)111(109)114(97-59-47-89(48-60-97)83-29-13-5-14-30-83,98-61-49-90(50-62-98)84-31-15-6-16-32-84)101-71-67-95(68-72-101)113(93-55-43-87(44-56-93)81-25-9-3-10-26-81,94-57-45-88(46-58-94)82-27-11-4-12-28-82)96-69-73-102(74-70-96)115(99-63-51-91(52-64-99)85-33-17-7-18-34-85,100-65-53-92(54-66-100)86-35-19-8-20-36-86)112-108-40-24-22-38-104(108)106-78-80(2)42-76-110(106)112/h3-78H,1-2H3. The first-order chi connectivity index (χ1) is 56.8. The van der Waals surface area contributed by atoms with Crippen LogP contribution >= 0.6 is 0 Å². The van der Waals surface area contributed by atoms with Crippen LogP contribution in [0.1, 0.15) is 11.1 Å². The van der Waals surface area contributed by atoms with E-state index in [0.29, 0.717) is 0 Å². The average molecular weight is 1520 g/mol. The minimum atomic E-state index is -3.53. The van der Waals surface area contributed by atoms with Crippen LogP contribution in [0.15, 0.2) is 461 Å². The summed E-state index contributed by atoms with van der Waals surface area (Å²) in [6.07, 6.45) is 0. The smallest absolute Gasteiger partial charge is 0.257 e. The summed E-state index contributed by atoms with van der Waals surface area (Å²) in [7, 11) is -10.6. The molecule has 0 unspecified atom stereocenters. The molecule has 0 aliphatic heterocycles. The van der Waals surface area contributed by atoms with Gasteiger partial charge in [0.1, 0.15) is 0 Å². The normalized spacial score (nSPS) is 11.9. The molecule has 115 heavy (non-hydrogen) atoms. The highest BCUT2D eigenvalue weighted by Crippen LogP contribution is 2.37. The molecule has 0 N–H and O–H groups in total. The summed E-state index contributed by atoms with van der Waals surface area (Å²) in [5.41, 5.74) is 21.6. The second kappa shape index (κ2) is 29.7. The van der Waals surface area contributed by atoms with Gasteiger partial charge in [0.15, 0.2) is 8.07 Å². The Balaban J connectivity index is 0.874. The second-order valence-electron chi connectivity index (χ2n) is 30.7. The summed E-state index contributed by atoms with van der Waals surface area (Å²) >= 11 is 0. The van der Waals surface area contributed by atoms with Gasteiger partial charge in [-0.1, -0.05) is 436 Å². The van der Waals surface area contributed by atoms with Gasteiger partial charge in [-0.15, -0.1) is 0 Å². The molecule has 0 aliphatic carbocycles. The lowest BCUT2D eigenvalue weighted by Crippen LogP contribution is -2.76. The molecule has 0 atom stereocenters. The average Bonchev–Trinajstić information content (AvgIpc) is 1.64. The molecule has 0 saturated carbocycles. The van der Waals surface area contributed by atoms with Gasteiger partial charge in [0, 0.05) is 43.6 Å². The Labute approximate surface area is 676 Å². The van der Waals surface area contributed by atoms with Gasteiger partial charge < -0.3 is 8.47 Å². The van der Waals surface area contributed by atoms with Crippen molar-refractivity contribution in [3.8, 4) is 66.8 Å². The molecule has 0 fully saturated rings. The SMILES string of the molecule is Cc1ccc2c(c1)c1ccccc1n2[Si](c1ccc(-c2ccccc2)cc1)(c1ccc(-c2ccccc2)cc1)c1ccc([Si](c2ccc(-c3ccccc3)cc2)(c2ccc(-c3ccccc3)cc2)c2ccc([Si](c3ccc(-c4ccccc4)cc3)(c3ccc(-c4ccccc4)cc3)n3c4ccccc4c4cc(C)ccc43)cc2)cc1. The number of nitrogens with zero attached hydrogens (tertiary/aromatic N) is 2. The van der Waals surface area contributed by atoms with Crippen molar-refractivity contribution < 1.29 is 0 Å². The van der Waals surface area contributed by atoms with E-state index in [1.807, 2.05) is 0 Å². The number of hydrogen-bond acceptors (Lipinski definition) is 0. The van der Waals surface area contributed by atoms with E-state index < -0.39 is 24.5 Å².